The molecular weight excluding hydrogens is 354 g/mol. The monoisotopic (exact) mass is 367 g/mol. The van der Waals surface area contributed by atoms with E-state index in [0.29, 0.717) is 28.2 Å². The molecule has 2 rings (SSSR count). The number of carbonyl (C=O) groups excluding carboxylic acids is 1. The normalized spacial score (nSPS) is 10.2. The maximum absolute atomic E-state index is 12.1. The SMILES string of the molecule is CCOc1cccc(CNC(=O)c2ccc(Cl)c(Br)c2)c1. The third kappa shape index (κ3) is 4.48. The predicted molar refractivity (Wildman–Crippen MR) is 87.9 cm³/mol. The van der Waals surface area contributed by atoms with E-state index < -0.39 is 0 Å². The van der Waals surface area contributed by atoms with E-state index in [0.717, 1.165) is 11.3 Å². The minimum Gasteiger partial charge on any atom is -0.494 e. The Morgan fingerprint density at radius 3 is 2.81 bits per heavy atom. The van der Waals surface area contributed by atoms with E-state index >= 15 is 0 Å². The van der Waals surface area contributed by atoms with Crippen molar-refractivity contribution in [2.75, 3.05) is 6.61 Å². The highest BCUT2D eigenvalue weighted by Crippen LogP contribution is 2.23. The van der Waals surface area contributed by atoms with Crippen LogP contribution in [-0.2, 0) is 6.54 Å². The fourth-order valence-electron chi connectivity index (χ4n) is 1.83. The van der Waals surface area contributed by atoms with Gasteiger partial charge in [0.2, 0.25) is 0 Å². The van der Waals surface area contributed by atoms with Crippen molar-refractivity contribution in [1.29, 1.82) is 0 Å². The van der Waals surface area contributed by atoms with E-state index in [1.54, 1.807) is 18.2 Å². The van der Waals surface area contributed by atoms with E-state index in [4.69, 9.17) is 16.3 Å². The second-order valence-corrected chi connectivity index (χ2v) is 5.65. The molecule has 0 aliphatic heterocycles. The van der Waals surface area contributed by atoms with Crippen LogP contribution in [-0.4, -0.2) is 12.5 Å². The molecule has 0 aromatic heterocycles. The lowest BCUT2D eigenvalue weighted by Gasteiger charge is -2.08. The first-order valence-corrected chi connectivity index (χ1v) is 7.72. The van der Waals surface area contributed by atoms with Gasteiger partial charge in [-0.05, 0) is 58.7 Å². The molecule has 3 nitrogen and oxygen atoms in total. The topological polar surface area (TPSA) is 38.3 Å². The van der Waals surface area contributed by atoms with Crippen molar-refractivity contribution in [3.8, 4) is 5.75 Å². The van der Waals surface area contributed by atoms with Crippen LogP contribution >= 0.6 is 27.5 Å². The highest BCUT2D eigenvalue weighted by Gasteiger charge is 2.07. The summed E-state index contributed by atoms with van der Waals surface area (Å²) in [4.78, 5) is 12.1. The van der Waals surface area contributed by atoms with Gasteiger partial charge in [-0.3, -0.25) is 4.79 Å². The summed E-state index contributed by atoms with van der Waals surface area (Å²) in [5.74, 6) is 0.660. The minimum atomic E-state index is -0.144. The lowest BCUT2D eigenvalue weighted by molar-refractivity contribution is 0.0951. The largest absolute Gasteiger partial charge is 0.494 e. The number of ether oxygens (including phenoxy) is 1. The van der Waals surface area contributed by atoms with E-state index in [2.05, 4.69) is 21.2 Å². The Morgan fingerprint density at radius 2 is 2.10 bits per heavy atom. The molecule has 2 aromatic rings. The van der Waals surface area contributed by atoms with Crippen LogP contribution in [0.4, 0.5) is 0 Å². The number of hydrogen-bond donors (Lipinski definition) is 1. The van der Waals surface area contributed by atoms with Gasteiger partial charge in [0.25, 0.3) is 5.91 Å². The zero-order chi connectivity index (χ0) is 15.2. The maximum Gasteiger partial charge on any atom is 0.251 e. The molecule has 0 aliphatic rings. The molecule has 1 N–H and O–H groups in total. The lowest BCUT2D eigenvalue weighted by atomic mass is 10.2. The van der Waals surface area contributed by atoms with Gasteiger partial charge < -0.3 is 10.1 Å². The third-order valence-electron chi connectivity index (χ3n) is 2.84. The van der Waals surface area contributed by atoms with Gasteiger partial charge in [0.15, 0.2) is 0 Å². The van der Waals surface area contributed by atoms with Crippen molar-refractivity contribution < 1.29 is 9.53 Å². The quantitative estimate of drug-likeness (QED) is 0.848. The van der Waals surface area contributed by atoms with Gasteiger partial charge in [-0.2, -0.15) is 0 Å². The number of rotatable bonds is 5. The Balaban J connectivity index is 2.00. The summed E-state index contributed by atoms with van der Waals surface area (Å²) < 4.78 is 6.14. The number of halogens is 2. The fourth-order valence-corrected chi connectivity index (χ4v) is 2.33. The molecule has 21 heavy (non-hydrogen) atoms. The first kappa shape index (κ1) is 15.9. The van der Waals surface area contributed by atoms with Crippen molar-refractivity contribution in [3.63, 3.8) is 0 Å². The minimum absolute atomic E-state index is 0.144. The number of hydrogen-bond acceptors (Lipinski definition) is 2. The van der Waals surface area contributed by atoms with Crippen molar-refractivity contribution in [2.45, 2.75) is 13.5 Å². The molecule has 0 saturated carbocycles. The van der Waals surface area contributed by atoms with Crippen LogP contribution in [0.15, 0.2) is 46.9 Å². The predicted octanol–water partition coefficient (Wildman–Crippen LogP) is 4.43. The van der Waals surface area contributed by atoms with E-state index in [9.17, 15) is 4.79 Å². The molecule has 0 bridgehead atoms. The van der Waals surface area contributed by atoms with E-state index in [-0.39, 0.29) is 5.91 Å². The first-order chi connectivity index (χ1) is 10.1. The molecule has 0 radical (unpaired) electrons. The molecule has 0 atom stereocenters. The molecule has 0 saturated heterocycles. The van der Waals surface area contributed by atoms with Crippen LogP contribution < -0.4 is 10.1 Å². The summed E-state index contributed by atoms with van der Waals surface area (Å²) in [5.41, 5.74) is 1.55. The lowest BCUT2D eigenvalue weighted by Crippen LogP contribution is -2.22. The first-order valence-electron chi connectivity index (χ1n) is 6.55. The Hall–Kier alpha value is -1.52. The van der Waals surface area contributed by atoms with Crippen LogP contribution in [0.3, 0.4) is 0 Å². The molecule has 2 aromatic carbocycles. The van der Waals surface area contributed by atoms with E-state index in [1.807, 2.05) is 31.2 Å². The van der Waals surface area contributed by atoms with Crippen LogP contribution in [0, 0.1) is 0 Å². The van der Waals surface area contributed by atoms with Crippen molar-refractivity contribution in [2.24, 2.45) is 0 Å². The summed E-state index contributed by atoms with van der Waals surface area (Å²) in [6, 6.07) is 12.8. The zero-order valence-electron chi connectivity index (χ0n) is 11.5. The second-order valence-electron chi connectivity index (χ2n) is 4.39. The highest BCUT2D eigenvalue weighted by molar-refractivity contribution is 9.10. The Kier molecular flexibility index (Phi) is 5.65. The van der Waals surface area contributed by atoms with Gasteiger partial charge in [0, 0.05) is 16.6 Å². The number of benzene rings is 2. The smallest absolute Gasteiger partial charge is 0.251 e. The summed E-state index contributed by atoms with van der Waals surface area (Å²) in [5, 5.41) is 3.45. The van der Waals surface area contributed by atoms with Crippen molar-refractivity contribution in [3.05, 3.63) is 63.1 Å². The number of amides is 1. The molecule has 0 spiro atoms. The molecule has 1 amide bonds. The number of nitrogens with one attached hydrogen (secondary N) is 1. The molecule has 0 heterocycles. The fraction of sp³-hybridized carbons (Fsp3) is 0.188. The Bertz CT molecular complexity index is 646. The van der Waals surface area contributed by atoms with Crippen LogP contribution in [0.25, 0.3) is 0 Å². The summed E-state index contributed by atoms with van der Waals surface area (Å²) in [6.45, 7) is 3.00. The van der Waals surface area contributed by atoms with Crippen LogP contribution in [0.1, 0.15) is 22.8 Å². The number of carbonyl (C=O) groups is 1. The van der Waals surface area contributed by atoms with Gasteiger partial charge in [-0.15, -0.1) is 0 Å². The molecule has 0 unspecified atom stereocenters. The molecule has 0 fully saturated rings. The van der Waals surface area contributed by atoms with Crippen LogP contribution in [0.5, 0.6) is 5.75 Å². The standard InChI is InChI=1S/C16H15BrClNO2/c1-2-21-13-5-3-4-11(8-13)10-19-16(20)12-6-7-15(18)14(17)9-12/h3-9H,2,10H2,1H3,(H,19,20). The average Bonchev–Trinajstić information content (AvgIpc) is 2.48. The van der Waals surface area contributed by atoms with Crippen molar-refractivity contribution >= 4 is 33.4 Å². The van der Waals surface area contributed by atoms with Gasteiger partial charge in [-0.25, -0.2) is 0 Å². The summed E-state index contributed by atoms with van der Waals surface area (Å²) in [6.07, 6.45) is 0. The van der Waals surface area contributed by atoms with E-state index in [1.165, 1.54) is 0 Å². The van der Waals surface area contributed by atoms with Crippen molar-refractivity contribution in [1.82, 2.24) is 5.32 Å². The van der Waals surface area contributed by atoms with Gasteiger partial charge >= 0.3 is 0 Å². The molecule has 110 valence electrons. The maximum atomic E-state index is 12.1. The molecular formula is C16H15BrClNO2. The van der Waals surface area contributed by atoms with Crippen LogP contribution in [0.2, 0.25) is 5.02 Å². The average molecular weight is 369 g/mol. The second kappa shape index (κ2) is 7.48. The van der Waals surface area contributed by atoms with Gasteiger partial charge in [0.05, 0.1) is 11.6 Å². The van der Waals surface area contributed by atoms with Gasteiger partial charge in [-0.1, -0.05) is 23.7 Å². The van der Waals surface area contributed by atoms with Gasteiger partial charge in [0.1, 0.15) is 5.75 Å². The Morgan fingerprint density at radius 1 is 1.29 bits per heavy atom. The zero-order valence-corrected chi connectivity index (χ0v) is 13.9. The molecule has 0 aliphatic carbocycles. The summed E-state index contributed by atoms with van der Waals surface area (Å²) in [7, 11) is 0. The third-order valence-corrected chi connectivity index (χ3v) is 4.06. The summed E-state index contributed by atoms with van der Waals surface area (Å²) >= 11 is 9.22. The Labute approximate surface area is 137 Å². The highest BCUT2D eigenvalue weighted by atomic mass is 79.9. The molecule has 5 heteroatoms.